The van der Waals surface area contributed by atoms with Gasteiger partial charge in [-0.25, -0.2) is 9.97 Å². The molecule has 0 amide bonds. The van der Waals surface area contributed by atoms with E-state index in [9.17, 15) is 0 Å². The zero-order valence-electron chi connectivity index (χ0n) is 13.3. The van der Waals surface area contributed by atoms with Crippen LogP contribution in [0, 0.1) is 0 Å². The van der Waals surface area contributed by atoms with Crippen LogP contribution in [-0.4, -0.2) is 45.4 Å². The van der Waals surface area contributed by atoms with Crippen LogP contribution in [0.3, 0.4) is 0 Å². The number of aromatic nitrogens is 4. The number of ether oxygens (including phenoxy) is 2. The van der Waals surface area contributed by atoms with Crippen LogP contribution in [0.5, 0.6) is 0 Å². The molecule has 0 bridgehead atoms. The second-order valence-corrected chi connectivity index (χ2v) is 5.60. The maximum Gasteiger partial charge on any atom is 0.158 e. The fourth-order valence-corrected chi connectivity index (χ4v) is 2.89. The van der Waals surface area contributed by atoms with Crippen LogP contribution >= 0.6 is 0 Å². The molecule has 2 atom stereocenters. The molecule has 1 N–H and O–H groups in total. The Morgan fingerprint density at radius 1 is 1.36 bits per heavy atom. The average molecular weight is 304 g/mol. The third-order valence-corrected chi connectivity index (χ3v) is 4.04. The highest BCUT2D eigenvalue weighted by atomic mass is 16.5. The summed E-state index contributed by atoms with van der Waals surface area (Å²) < 4.78 is 13.5. The summed E-state index contributed by atoms with van der Waals surface area (Å²) >= 11 is 0. The molecule has 0 aromatic carbocycles. The normalized spacial score (nSPS) is 21.5. The van der Waals surface area contributed by atoms with Crippen molar-refractivity contribution in [1.82, 2.24) is 19.5 Å². The van der Waals surface area contributed by atoms with Crippen LogP contribution in [0.1, 0.15) is 38.6 Å². The van der Waals surface area contributed by atoms with Gasteiger partial charge in [0.05, 0.1) is 25.5 Å². The SMILES string of the molecule is CCCCc1ncc(-c2nccn2[C@H]2COC[C@@H]2OCC)[nH]1. The van der Waals surface area contributed by atoms with Crippen molar-refractivity contribution in [3.05, 3.63) is 24.4 Å². The molecule has 1 fully saturated rings. The van der Waals surface area contributed by atoms with Gasteiger partial charge in [-0.1, -0.05) is 13.3 Å². The standard InChI is InChI=1S/C16H24N4O2/c1-3-5-6-15-18-9-12(19-15)16-17-7-8-20(16)13-10-21-11-14(13)22-4-2/h7-9,13-14H,3-6,10-11H2,1-2H3,(H,18,19)/t13-,14-/m0/s1. The predicted octanol–water partition coefficient (Wildman–Crippen LogP) is 2.59. The lowest BCUT2D eigenvalue weighted by molar-refractivity contribution is 0.0364. The van der Waals surface area contributed by atoms with E-state index in [2.05, 4.69) is 26.4 Å². The zero-order chi connectivity index (χ0) is 15.4. The van der Waals surface area contributed by atoms with E-state index >= 15 is 0 Å². The maximum atomic E-state index is 5.79. The summed E-state index contributed by atoms with van der Waals surface area (Å²) in [6.45, 7) is 6.19. The predicted molar refractivity (Wildman–Crippen MR) is 83.7 cm³/mol. The van der Waals surface area contributed by atoms with Crippen molar-refractivity contribution in [3.8, 4) is 11.5 Å². The van der Waals surface area contributed by atoms with Crippen molar-refractivity contribution in [2.45, 2.75) is 45.3 Å². The molecule has 6 heteroatoms. The van der Waals surface area contributed by atoms with Crippen LogP contribution in [0.15, 0.2) is 18.6 Å². The molecule has 0 radical (unpaired) electrons. The topological polar surface area (TPSA) is 65.0 Å². The molecule has 0 spiro atoms. The van der Waals surface area contributed by atoms with Gasteiger partial charge in [0.25, 0.3) is 0 Å². The van der Waals surface area contributed by atoms with Crippen LogP contribution in [0.25, 0.3) is 11.5 Å². The zero-order valence-corrected chi connectivity index (χ0v) is 13.3. The molecule has 0 aliphatic carbocycles. The summed E-state index contributed by atoms with van der Waals surface area (Å²) in [5.74, 6) is 1.92. The van der Waals surface area contributed by atoms with E-state index in [1.807, 2.05) is 25.5 Å². The number of nitrogens with one attached hydrogen (secondary N) is 1. The average Bonchev–Trinajstić information content (AvgIpc) is 3.24. The minimum absolute atomic E-state index is 0.0837. The smallest absolute Gasteiger partial charge is 0.158 e. The van der Waals surface area contributed by atoms with Gasteiger partial charge in [0.15, 0.2) is 5.82 Å². The Labute approximate surface area is 130 Å². The molecule has 22 heavy (non-hydrogen) atoms. The second kappa shape index (κ2) is 7.07. The molecule has 6 nitrogen and oxygen atoms in total. The highest BCUT2D eigenvalue weighted by Gasteiger charge is 2.31. The van der Waals surface area contributed by atoms with Gasteiger partial charge >= 0.3 is 0 Å². The van der Waals surface area contributed by atoms with Gasteiger partial charge < -0.3 is 19.0 Å². The number of rotatable bonds is 7. The van der Waals surface area contributed by atoms with Gasteiger partial charge in [-0.05, 0) is 13.3 Å². The summed E-state index contributed by atoms with van der Waals surface area (Å²) in [5.41, 5.74) is 0.957. The molecular weight excluding hydrogens is 280 g/mol. The fraction of sp³-hybridized carbons (Fsp3) is 0.625. The number of unbranched alkanes of at least 4 members (excludes halogenated alkanes) is 1. The fourth-order valence-electron chi connectivity index (χ4n) is 2.89. The van der Waals surface area contributed by atoms with Crippen molar-refractivity contribution in [2.75, 3.05) is 19.8 Å². The lowest BCUT2D eigenvalue weighted by atomic mass is 10.2. The van der Waals surface area contributed by atoms with Gasteiger partial charge in [0.2, 0.25) is 0 Å². The van der Waals surface area contributed by atoms with E-state index < -0.39 is 0 Å². The van der Waals surface area contributed by atoms with E-state index in [1.165, 1.54) is 6.42 Å². The maximum absolute atomic E-state index is 5.79. The molecule has 0 saturated carbocycles. The number of hydrogen-bond acceptors (Lipinski definition) is 4. The van der Waals surface area contributed by atoms with Crippen molar-refractivity contribution in [2.24, 2.45) is 0 Å². The first kappa shape index (κ1) is 15.2. The Morgan fingerprint density at radius 2 is 2.27 bits per heavy atom. The van der Waals surface area contributed by atoms with Crippen molar-refractivity contribution in [3.63, 3.8) is 0 Å². The monoisotopic (exact) mass is 304 g/mol. The minimum atomic E-state index is 0.0837. The Kier molecular flexibility index (Phi) is 4.90. The number of H-pyrrole nitrogens is 1. The Hall–Kier alpha value is -1.66. The van der Waals surface area contributed by atoms with E-state index in [0.717, 1.165) is 30.2 Å². The molecule has 1 aliphatic rings. The molecule has 2 aromatic rings. The largest absolute Gasteiger partial charge is 0.376 e. The van der Waals surface area contributed by atoms with Crippen LogP contribution in [-0.2, 0) is 15.9 Å². The van der Waals surface area contributed by atoms with Crippen molar-refractivity contribution in [1.29, 1.82) is 0 Å². The summed E-state index contributed by atoms with van der Waals surface area (Å²) in [7, 11) is 0. The first-order chi connectivity index (χ1) is 10.8. The number of hydrogen-bond donors (Lipinski definition) is 1. The highest BCUT2D eigenvalue weighted by molar-refractivity contribution is 5.49. The third kappa shape index (κ3) is 3.08. The first-order valence-corrected chi connectivity index (χ1v) is 8.09. The van der Waals surface area contributed by atoms with Crippen LogP contribution < -0.4 is 0 Å². The van der Waals surface area contributed by atoms with Gasteiger partial charge in [-0.2, -0.15) is 0 Å². The van der Waals surface area contributed by atoms with Gasteiger partial charge in [0.1, 0.15) is 17.6 Å². The molecule has 1 aliphatic heterocycles. The van der Waals surface area contributed by atoms with Gasteiger partial charge in [-0.3, -0.25) is 0 Å². The molecule has 0 unspecified atom stereocenters. The Morgan fingerprint density at radius 3 is 3.09 bits per heavy atom. The molecule has 3 rings (SSSR count). The second-order valence-electron chi connectivity index (χ2n) is 5.60. The number of aromatic amines is 1. The summed E-state index contributed by atoms with van der Waals surface area (Å²) in [6.07, 6.45) is 9.06. The Bertz CT molecular complexity index is 592. The van der Waals surface area contributed by atoms with Crippen molar-refractivity contribution >= 4 is 0 Å². The Balaban J connectivity index is 1.81. The lowest BCUT2D eigenvalue weighted by Gasteiger charge is -2.20. The number of nitrogens with zero attached hydrogens (tertiary/aromatic N) is 3. The van der Waals surface area contributed by atoms with Crippen molar-refractivity contribution < 1.29 is 9.47 Å². The molecular formula is C16H24N4O2. The van der Waals surface area contributed by atoms with Crippen LogP contribution in [0.2, 0.25) is 0 Å². The number of aryl methyl sites for hydroxylation is 1. The van der Waals surface area contributed by atoms with E-state index in [1.54, 1.807) is 0 Å². The molecule has 1 saturated heterocycles. The van der Waals surface area contributed by atoms with Gasteiger partial charge in [0, 0.05) is 25.4 Å². The van der Waals surface area contributed by atoms with E-state index in [4.69, 9.17) is 9.47 Å². The van der Waals surface area contributed by atoms with Gasteiger partial charge in [-0.15, -0.1) is 0 Å². The summed E-state index contributed by atoms with van der Waals surface area (Å²) in [6, 6.07) is 0.167. The third-order valence-electron chi connectivity index (χ3n) is 4.04. The summed E-state index contributed by atoms with van der Waals surface area (Å²) in [5, 5.41) is 0. The highest BCUT2D eigenvalue weighted by Crippen LogP contribution is 2.27. The molecule has 3 heterocycles. The van der Waals surface area contributed by atoms with E-state index in [-0.39, 0.29) is 12.1 Å². The van der Waals surface area contributed by atoms with Crippen LogP contribution in [0.4, 0.5) is 0 Å². The lowest BCUT2D eigenvalue weighted by Crippen LogP contribution is -2.25. The molecule has 120 valence electrons. The summed E-state index contributed by atoms with van der Waals surface area (Å²) in [4.78, 5) is 12.3. The minimum Gasteiger partial charge on any atom is -0.376 e. The first-order valence-electron chi connectivity index (χ1n) is 8.09. The quantitative estimate of drug-likeness (QED) is 0.854. The molecule has 2 aromatic heterocycles. The number of imidazole rings is 2. The van der Waals surface area contributed by atoms with E-state index in [0.29, 0.717) is 19.8 Å².